The van der Waals surface area contributed by atoms with Crippen LogP contribution in [0.25, 0.3) is 10.9 Å². The fourth-order valence-corrected chi connectivity index (χ4v) is 4.71. The van der Waals surface area contributed by atoms with Crippen molar-refractivity contribution in [2.75, 3.05) is 0 Å². The Morgan fingerprint density at radius 1 is 1.00 bits per heavy atom. The fourth-order valence-electron chi connectivity index (χ4n) is 4.71. The van der Waals surface area contributed by atoms with Crippen LogP contribution in [0.2, 0.25) is 0 Å². The van der Waals surface area contributed by atoms with Crippen molar-refractivity contribution in [1.82, 2.24) is 14.5 Å². The molecule has 5 rings (SSSR count). The number of furan rings is 1. The number of amides is 1. The molecule has 34 heavy (non-hydrogen) atoms. The monoisotopic (exact) mass is 457 g/mol. The summed E-state index contributed by atoms with van der Waals surface area (Å²) in [5.74, 6) is 0.344. The minimum absolute atomic E-state index is 0.0400. The van der Waals surface area contributed by atoms with E-state index in [1.165, 1.54) is 10.8 Å². The van der Waals surface area contributed by atoms with Gasteiger partial charge in [-0.25, -0.2) is 4.79 Å². The molecule has 0 saturated heterocycles. The highest BCUT2D eigenvalue weighted by Gasteiger charge is 2.20. The molecule has 0 spiro atoms. The zero-order valence-electron chi connectivity index (χ0n) is 19.1. The van der Waals surface area contributed by atoms with Gasteiger partial charge in [0.1, 0.15) is 5.76 Å². The third-order valence-electron chi connectivity index (χ3n) is 6.66. The summed E-state index contributed by atoms with van der Waals surface area (Å²) in [6.45, 7) is 2.31. The van der Waals surface area contributed by atoms with E-state index in [9.17, 15) is 14.4 Å². The predicted octanol–water partition coefficient (Wildman–Crippen LogP) is 3.83. The van der Waals surface area contributed by atoms with E-state index in [1.54, 1.807) is 34.9 Å². The molecule has 2 heterocycles. The van der Waals surface area contributed by atoms with Crippen LogP contribution in [0.1, 0.15) is 52.9 Å². The normalized spacial score (nSPS) is 14.0. The molecule has 7 heteroatoms. The minimum atomic E-state index is -0.439. The second kappa shape index (κ2) is 9.17. The highest BCUT2D eigenvalue weighted by Crippen LogP contribution is 2.20. The number of aromatic nitrogens is 2. The molecule has 0 aliphatic heterocycles. The molecule has 0 radical (unpaired) electrons. The quantitative estimate of drug-likeness (QED) is 0.477. The van der Waals surface area contributed by atoms with Crippen molar-refractivity contribution in [2.24, 2.45) is 0 Å². The molecule has 2 aromatic carbocycles. The number of benzene rings is 2. The summed E-state index contributed by atoms with van der Waals surface area (Å²) in [6.07, 6.45) is 5.72. The maximum Gasteiger partial charge on any atom is 0.332 e. The highest BCUT2D eigenvalue weighted by molar-refractivity contribution is 5.98. The van der Waals surface area contributed by atoms with Crippen LogP contribution in [-0.4, -0.2) is 21.1 Å². The number of fused-ring (bicyclic) bond motifs is 1. The Labute approximate surface area is 196 Å². The standard InChI is InChI=1S/C27H27N3O4/c1-18-7-2-3-8-20(18)16-29-24-15-19(25(31)28-21-9-4-5-10-21)12-13-23(24)26(32)30(27(29)33)17-22-11-6-14-34-22/h2-3,6-8,11-15,21H,4-5,9-10,16-17H2,1H3,(H,28,31). The molecule has 1 saturated carbocycles. The van der Waals surface area contributed by atoms with Gasteiger partial charge in [-0.3, -0.25) is 18.7 Å². The van der Waals surface area contributed by atoms with Gasteiger partial charge in [-0.15, -0.1) is 0 Å². The van der Waals surface area contributed by atoms with E-state index in [0.717, 1.165) is 36.8 Å². The van der Waals surface area contributed by atoms with E-state index in [4.69, 9.17) is 4.42 Å². The Balaban J connectivity index is 1.64. The van der Waals surface area contributed by atoms with Crippen LogP contribution < -0.4 is 16.6 Å². The van der Waals surface area contributed by atoms with Crippen molar-refractivity contribution in [1.29, 1.82) is 0 Å². The lowest BCUT2D eigenvalue weighted by Gasteiger charge is -2.16. The Morgan fingerprint density at radius 3 is 2.53 bits per heavy atom. The van der Waals surface area contributed by atoms with Gasteiger partial charge in [0, 0.05) is 11.6 Å². The Bertz CT molecular complexity index is 1460. The lowest BCUT2D eigenvalue weighted by Crippen LogP contribution is -2.40. The number of hydrogen-bond acceptors (Lipinski definition) is 4. The maximum absolute atomic E-state index is 13.6. The van der Waals surface area contributed by atoms with Gasteiger partial charge in [0.05, 0.1) is 30.3 Å². The Hall–Kier alpha value is -3.87. The molecule has 1 aliphatic rings. The summed E-state index contributed by atoms with van der Waals surface area (Å²) in [7, 11) is 0. The van der Waals surface area contributed by atoms with Gasteiger partial charge < -0.3 is 9.73 Å². The number of nitrogens with one attached hydrogen (secondary N) is 1. The van der Waals surface area contributed by atoms with Crippen LogP contribution >= 0.6 is 0 Å². The molecular weight excluding hydrogens is 430 g/mol. The molecular formula is C27H27N3O4. The van der Waals surface area contributed by atoms with Gasteiger partial charge in [0.25, 0.3) is 11.5 Å². The van der Waals surface area contributed by atoms with E-state index in [1.807, 2.05) is 31.2 Å². The lowest BCUT2D eigenvalue weighted by molar-refractivity contribution is 0.0938. The Kier molecular flexibility index (Phi) is 5.92. The van der Waals surface area contributed by atoms with Gasteiger partial charge in [-0.2, -0.15) is 0 Å². The first-order valence-corrected chi connectivity index (χ1v) is 11.7. The average Bonchev–Trinajstić information content (AvgIpc) is 3.54. The molecule has 174 valence electrons. The van der Waals surface area contributed by atoms with Gasteiger partial charge in [0.15, 0.2) is 0 Å². The molecule has 4 aromatic rings. The van der Waals surface area contributed by atoms with Crippen LogP contribution in [0.5, 0.6) is 0 Å². The number of carbonyl (C=O) groups is 1. The third-order valence-corrected chi connectivity index (χ3v) is 6.66. The Morgan fingerprint density at radius 2 is 1.79 bits per heavy atom. The lowest BCUT2D eigenvalue weighted by atomic mass is 10.1. The van der Waals surface area contributed by atoms with Crippen molar-refractivity contribution in [3.05, 3.63) is 104 Å². The first kappa shape index (κ1) is 21.9. The molecule has 1 N–H and O–H groups in total. The second-order valence-electron chi connectivity index (χ2n) is 8.95. The number of aryl methyl sites for hydroxylation is 1. The van der Waals surface area contributed by atoms with Crippen LogP contribution in [-0.2, 0) is 13.1 Å². The number of rotatable bonds is 6. The summed E-state index contributed by atoms with van der Waals surface area (Å²) >= 11 is 0. The van der Waals surface area contributed by atoms with Gasteiger partial charge >= 0.3 is 5.69 Å². The van der Waals surface area contributed by atoms with Crippen molar-refractivity contribution in [3.8, 4) is 0 Å². The molecule has 1 amide bonds. The molecule has 7 nitrogen and oxygen atoms in total. The summed E-state index contributed by atoms with van der Waals surface area (Å²) in [6, 6.07) is 16.4. The van der Waals surface area contributed by atoms with E-state index in [0.29, 0.717) is 22.2 Å². The molecule has 1 fully saturated rings. The first-order valence-electron chi connectivity index (χ1n) is 11.7. The molecule has 0 unspecified atom stereocenters. The molecule has 0 atom stereocenters. The largest absolute Gasteiger partial charge is 0.467 e. The van der Waals surface area contributed by atoms with Crippen LogP contribution in [0.3, 0.4) is 0 Å². The van der Waals surface area contributed by atoms with Crippen LogP contribution in [0.4, 0.5) is 0 Å². The minimum Gasteiger partial charge on any atom is -0.467 e. The first-order chi connectivity index (χ1) is 16.5. The molecule has 0 bridgehead atoms. The van der Waals surface area contributed by atoms with Gasteiger partial charge in [0.2, 0.25) is 0 Å². The van der Waals surface area contributed by atoms with Crippen LogP contribution in [0, 0.1) is 6.92 Å². The summed E-state index contributed by atoms with van der Waals surface area (Å²) in [5.41, 5.74) is 2.07. The van der Waals surface area contributed by atoms with E-state index >= 15 is 0 Å². The van der Waals surface area contributed by atoms with Crippen molar-refractivity contribution in [2.45, 2.75) is 51.7 Å². The van der Waals surface area contributed by atoms with E-state index in [2.05, 4.69) is 5.32 Å². The summed E-state index contributed by atoms with van der Waals surface area (Å²) in [5, 5.41) is 3.47. The molecule has 2 aromatic heterocycles. The number of hydrogen-bond donors (Lipinski definition) is 1. The smallest absolute Gasteiger partial charge is 0.332 e. The zero-order valence-corrected chi connectivity index (χ0v) is 19.1. The van der Waals surface area contributed by atoms with Crippen molar-refractivity contribution >= 4 is 16.8 Å². The van der Waals surface area contributed by atoms with Gasteiger partial charge in [-0.05, 0) is 61.2 Å². The SMILES string of the molecule is Cc1ccccc1Cn1c(=O)n(Cc2ccco2)c(=O)c2ccc(C(=O)NC3CCCC3)cc21. The second-order valence-corrected chi connectivity index (χ2v) is 8.95. The van der Waals surface area contributed by atoms with E-state index in [-0.39, 0.29) is 25.0 Å². The third kappa shape index (κ3) is 4.21. The number of nitrogens with zero attached hydrogens (tertiary/aromatic N) is 2. The molecule has 1 aliphatic carbocycles. The van der Waals surface area contributed by atoms with E-state index < -0.39 is 11.2 Å². The van der Waals surface area contributed by atoms with Crippen molar-refractivity contribution < 1.29 is 9.21 Å². The van der Waals surface area contributed by atoms with Gasteiger partial charge in [-0.1, -0.05) is 37.1 Å². The van der Waals surface area contributed by atoms with Crippen LogP contribution in [0.15, 0.2) is 74.9 Å². The zero-order chi connectivity index (χ0) is 23.7. The highest BCUT2D eigenvalue weighted by atomic mass is 16.3. The fraction of sp³-hybridized carbons (Fsp3) is 0.296. The maximum atomic E-state index is 13.6. The summed E-state index contributed by atoms with van der Waals surface area (Å²) in [4.78, 5) is 39.8. The predicted molar refractivity (Wildman–Crippen MR) is 130 cm³/mol. The average molecular weight is 458 g/mol. The summed E-state index contributed by atoms with van der Waals surface area (Å²) < 4.78 is 8.16. The van der Waals surface area contributed by atoms with Crippen molar-refractivity contribution in [3.63, 3.8) is 0 Å². The number of carbonyl (C=O) groups excluding carboxylic acids is 1. The topological polar surface area (TPSA) is 86.2 Å².